The number of para-hydroxylation sites is 1. The number of nitrogens with zero attached hydrogens (tertiary/aromatic N) is 4. The number of amides is 1. The SMILES string of the molecule is O=C(Nc1cccc2cccnc12)c1ccc(-n2cncn2)cc1. The Balaban J connectivity index is 1.60. The Morgan fingerprint density at radius 2 is 1.83 bits per heavy atom. The van der Waals surface area contributed by atoms with E-state index >= 15 is 0 Å². The smallest absolute Gasteiger partial charge is 0.255 e. The van der Waals surface area contributed by atoms with Crippen LogP contribution in [0.4, 0.5) is 5.69 Å². The molecule has 0 aliphatic heterocycles. The van der Waals surface area contributed by atoms with Crippen LogP contribution in [0.2, 0.25) is 0 Å². The van der Waals surface area contributed by atoms with Gasteiger partial charge in [0.05, 0.1) is 16.9 Å². The molecule has 0 spiro atoms. The summed E-state index contributed by atoms with van der Waals surface area (Å²) in [5.41, 5.74) is 2.87. The lowest BCUT2D eigenvalue weighted by Crippen LogP contribution is -2.12. The van der Waals surface area contributed by atoms with E-state index in [9.17, 15) is 4.79 Å². The zero-order valence-electron chi connectivity index (χ0n) is 12.6. The highest BCUT2D eigenvalue weighted by Crippen LogP contribution is 2.21. The highest BCUT2D eigenvalue weighted by atomic mass is 16.1. The second-order valence-corrected chi connectivity index (χ2v) is 5.22. The molecule has 0 unspecified atom stereocenters. The normalized spacial score (nSPS) is 10.7. The number of anilines is 1. The number of hydrogen-bond acceptors (Lipinski definition) is 4. The summed E-state index contributed by atoms with van der Waals surface area (Å²) in [6.07, 6.45) is 4.79. The van der Waals surface area contributed by atoms with Crippen LogP contribution in [0.15, 0.2) is 73.4 Å². The highest BCUT2D eigenvalue weighted by molar-refractivity contribution is 6.08. The number of aromatic nitrogens is 4. The molecule has 4 aromatic rings. The molecule has 0 radical (unpaired) electrons. The minimum atomic E-state index is -0.182. The number of nitrogens with one attached hydrogen (secondary N) is 1. The van der Waals surface area contributed by atoms with E-state index < -0.39 is 0 Å². The molecule has 2 heterocycles. The summed E-state index contributed by atoms with van der Waals surface area (Å²) < 4.78 is 1.64. The van der Waals surface area contributed by atoms with Crippen molar-refractivity contribution in [2.45, 2.75) is 0 Å². The third-order valence-corrected chi connectivity index (χ3v) is 3.69. The molecular weight excluding hydrogens is 302 g/mol. The Hall–Kier alpha value is -3.54. The van der Waals surface area contributed by atoms with Gasteiger partial charge in [-0.25, -0.2) is 9.67 Å². The van der Waals surface area contributed by atoms with Gasteiger partial charge in [0, 0.05) is 17.1 Å². The van der Waals surface area contributed by atoms with E-state index in [1.807, 2.05) is 42.5 Å². The number of rotatable bonds is 3. The summed E-state index contributed by atoms with van der Waals surface area (Å²) in [6, 6.07) is 16.7. The zero-order valence-corrected chi connectivity index (χ0v) is 12.6. The second-order valence-electron chi connectivity index (χ2n) is 5.22. The molecular formula is C18H13N5O. The van der Waals surface area contributed by atoms with Crippen molar-refractivity contribution in [1.29, 1.82) is 0 Å². The summed E-state index contributed by atoms with van der Waals surface area (Å²) in [5, 5.41) is 7.96. The van der Waals surface area contributed by atoms with E-state index in [4.69, 9.17) is 0 Å². The van der Waals surface area contributed by atoms with Gasteiger partial charge in [-0.15, -0.1) is 0 Å². The van der Waals surface area contributed by atoms with E-state index in [-0.39, 0.29) is 5.91 Å². The average Bonchev–Trinajstić information content (AvgIpc) is 3.17. The topological polar surface area (TPSA) is 72.7 Å². The van der Waals surface area contributed by atoms with Crippen molar-refractivity contribution in [3.05, 3.63) is 79.0 Å². The van der Waals surface area contributed by atoms with Gasteiger partial charge < -0.3 is 5.32 Å². The maximum atomic E-state index is 12.5. The van der Waals surface area contributed by atoms with Gasteiger partial charge in [0.25, 0.3) is 5.91 Å². The van der Waals surface area contributed by atoms with Crippen LogP contribution < -0.4 is 5.32 Å². The van der Waals surface area contributed by atoms with Gasteiger partial charge in [-0.05, 0) is 36.4 Å². The molecule has 116 valence electrons. The summed E-state index contributed by atoms with van der Waals surface area (Å²) >= 11 is 0. The maximum absolute atomic E-state index is 12.5. The van der Waals surface area contributed by atoms with Crippen LogP contribution in [0.3, 0.4) is 0 Å². The van der Waals surface area contributed by atoms with Gasteiger partial charge >= 0.3 is 0 Å². The number of carbonyl (C=O) groups excluding carboxylic acids is 1. The molecule has 0 bridgehead atoms. The lowest BCUT2D eigenvalue weighted by molar-refractivity contribution is 0.102. The van der Waals surface area contributed by atoms with Crippen LogP contribution in [0.1, 0.15) is 10.4 Å². The van der Waals surface area contributed by atoms with Gasteiger partial charge in [0.15, 0.2) is 0 Å². The molecule has 0 fully saturated rings. The molecule has 1 amide bonds. The van der Waals surface area contributed by atoms with Crippen molar-refractivity contribution in [1.82, 2.24) is 19.7 Å². The fraction of sp³-hybridized carbons (Fsp3) is 0. The van der Waals surface area contributed by atoms with Gasteiger partial charge in [0.2, 0.25) is 0 Å². The van der Waals surface area contributed by atoms with Crippen LogP contribution in [-0.4, -0.2) is 25.7 Å². The molecule has 0 aliphatic carbocycles. The predicted octanol–water partition coefficient (Wildman–Crippen LogP) is 3.07. The van der Waals surface area contributed by atoms with E-state index in [2.05, 4.69) is 20.4 Å². The van der Waals surface area contributed by atoms with Crippen LogP contribution >= 0.6 is 0 Å². The van der Waals surface area contributed by atoms with E-state index in [0.29, 0.717) is 11.3 Å². The Morgan fingerprint density at radius 3 is 2.62 bits per heavy atom. The summed E-state index contributed by atoms with van der Waals surface area (Å²) in [6.45, 7) is 0. The van der Waals surface area contributed by atoms with Crippen molar-refractivity contribution in [2.75, 3.05) is 5.32 Å². The molecule has 1 N–H and O–H groups in total. The minimum absolute atomic E-state index is 0.182. The number of carbonyl (C=O) groups is 1. The van der Waals surface area contributed by atoms with E-state index in [1.165, 1.54) is 6.33 Å². The van der Waals surface area contributed by atoms with Gasteiger partial charge in [0.1, 0.15) is 12.7 Å². The number of fused-ring (bicyclic) bond motifs is 1. The first-order valence-corrected chi connectivity index (χ1v) is 7.41. The van der Waals surface area contributed by atoms with Crippen molar-refractivity contribution in [3.63, 3.8) is 0 Å². The fourth-order valence-electron chi connectivity index (χ4n) is 2.51. The van der Waals surface area contributed by atoms with Crippen LogP contribution in [0.25, 0.3) is 16.6 Å². The third kappa shape index (κ3) is 2.61. The van der Waals surface area contributed by atoms with Crippen LogP contribution in [0, 0.1) is 0 Å². The Morgan fingerprint density at radius 1 is 1.00 bits per heavy atom. The Labute approximate surface area is 137 Å². The molecule has 6 nitrogen and oxygen atoms in total. The number of hydrogen-bond donors (Lipinski definition) is 1. The van der Waals surface area contributed by atoms with Crippen molar-refractivity contribution in [3.8, 4) is 5.69 Å². The Bertz CT molecular complexity index is 988. The molecule has 0 atom stereocenters. The molecule has 2 aromatic carbocycles. The zero-order chi connectivity index (χ0) is 16.4. The van der Waals surface area contributed by atoms with Gasteiger partial charge in [-0.2, -0.15) is 5.10 Å². The van der Waals surface area contributed by atoms with E-state index in [1.54, 1.807) is 29.3 Å². The number of benzene rings is 2. The average molecular weight is 315 g/mol. The molecule has 24 heavy (non-hydrogen) atoms. The van der Waals surface area contributed by atoms with Crippen LogP contribution in [-0.2, 0) is 0 Å². The monoisotopic (exact) mass is 315 g/mol. The third-order valence-electron chi connectivity index (χ3n) is 3.69. The molecule has 0 saturated carbocycles. The minimum Gasteiger partial charge on any atom is -0.320 e. The predicted molar refractivity (Wildman–Crippen MR) is 91.1 cm³/mol. The lowest BCUT2D eigenvalue weighted by atomic mass is 10.1. The van der Waals surface area contributed by atoms with Crippen LogP contribution in [0.5, 0.6) is 0 Å². The number of pyridine rings is 1. The molecule has 4 rings (SSSR count). The Kier molecular flexibility index (Phi) is 3.47. The van der Waals surface area contributed by atoms with Crippen molar-refractivity contribution in [2.24, 2.45) is 0 Å². The second kappa shape index (κ2) is 5.92. The highest BCUT2D eigenvalue weighted by Gasteiger charge is 2.09. The molecule has 0 saturated heterocycles. The molecule has 0 aliphatic rings. The summed E-state index contributed by atoms with van der Waals surface area (Å²) in [5.74, 6) is -0.182. The van der Waals surface area contributed by atoms with Crippen molar-refractivity contribution < 1.29 is 4.79 Å². The summed E-state index contributed by atoms with van der Waals surface area (Å²) in [7, 11) is 0. The van der Waals surface area contributed by atoms with Gasteiger partial charge in [-0.3, -0.25) is 9.78 Å². The quantitative estimate of drug-likeness (QED) is 0.630. The van der Waals surface area contributed by atoms with Gasteiger partial charge in [-0.1, -0.05) is 18.2 Å². The summed E-state index contributed by atoms with van der Waals surface area (Å²) in [4.78, 5) is 20.7. The lowest BCUT2D eigenvalue weighted by Gasteiger charge is -2.08. The fourth-order valence-corrected chi connectivity index (χ4v) is 2.51. The first-order valence-electron chi connectivity index (χ1n) is 7.41. The maximum Gasteiger partial charge on any atom is 0.255 e. The van der Waals surface area contributed by atoms with Crippen molar-refractivity contribution >= 4 is 22.5 Å². The standard InChI is InChI=1S/C18H13N5O/c24-18(14-6-8-15(9-7-14)23-12-19-11-21-23)22-16-5-1-3-13-4-2-10-20-17(13)16/h1-12H,(H,22,24). The first kappa shape index (κ1) is 14.1. The molecule has 6 heteroatoms. The largest absolute Gasteiger partial charge is 0.320 e. The first-order chi connectivity index (χ1) is 11.8. The van der Waals surface area contributed by atoms with E-state index in [0.717, 1.165) is 16.6 Å². The molecule has 2 aromatic heterocycles.